The molecule has 0 aliphatic rings. The molecule has 0 heterocycles. The van der Waals surface area contributed by atoms with Gasteiger partial charge < -0.3 is 10.4 Å². The standard InChI is InChI=1S/C16H19NO/c1-13-4-2-5-14(10-13)8-9-17-12-15-6-3-7-16(18)11-15/h2-7,10-11,17-18H,8-9,12H2,1H3. The van der Waals surface area contributed by atoms with Crippen LogP contribution >= 0.6 is 0 Å². The number of phenolic OH excluding ortho intramolecular Hbond substituents is 1. The van der Waals surface area contributed by atoms with Gasteiger partial charge in [-0.05, 0) is 43.1 Å². The molecule has 94 valence electrons. The fourth-order valence-corrected chi connectivity index (χ4v) is 2.00. The number of hydrogen-bond donors (Lipinski definition) is 2. The third-order valence-corrected chi connectivity index (χ3v) is 2.91. The summed E-state index contributed by atoms with van der Waals surface area (Å²) >= 11 is 0. The molecule has 0 aromatic heterocycles. The minimum absolute atomic E-state index is 0.327. The summed E-state index contributed by atoms with van der Waals surface area (Å²) in [6.45, 7) is 3.85. The van der Waals surface area contributed by atoms with Crippen molar-refractivity contribution in [3.8, 4) is 5.75 Å². The van der Waals surface area contributed by atoms with Crippen molar-refractivity contribution in [3.63, 3.8) is 0 Å². The summed E-state index contributed by atoms with van der Waals surface area (Å²) in [4.78, 5) is 0. The van der Waals surface area contributed by atoms with Crippen molar-refractivity contribution in [1.29, 1.82) is 0 Å². The van der Waals surface area contributed by atoms with Gasteiger partial charge in [-0.1, -0.05) is 42.0 Å². The van der Waals surface area contributed by atoms with Gasteiger partial charge in [0.15, 0.2) is 0 Å². The maximum absolute atomic E-state index is 9.35. The lowest BCUT2D eigenvalue weighted by molar-refractivity contribution is 0.474. The minimum Gasteiger partial charge on any atom is -0.508 e. The zero-order valence-electron chi connectivity index (χ0n) is 10.7. The largest absolute Gasteiger partial charge is 0.508 e. The Balaban J connectivity index is 1.76. The van der Waals surface area contributed by atoms with E-state index in [1.54, 1.807) is 12.1 Å². The average molecular weight is 241 g/mol. The maximum Gasteiger partial charge on any atom is 0.115 e. The molecule has 2 aromatic carbocycles. The van der Waals surface area contributed by atoms with Crippen LogP contribution in [-0.4, -0.2) is 11.7 Å². The first kappa shape index (κ1) is 12.7. The quantitative estimate of drug-likeness (QED) is 0.789. The van der Waals surface area contributed by atoms with Gasteiger partial charge >= 0.3 is 0 Å². The highest BCUT2D eigenvalue weighted by molar-refractivity contribution is 5.27. The predicted octanol–water partition coefficient (Wildman–Crippen LogP) is 3.03. The lowest BCUT2D eigenvalue weighted by Gasteiger charge is -2.06. The van der Waals surface area contributed by atoms with Crippen LogP contribution in [-0.2, 0) is 13.0 Å². The topological polar surface area (TPSA) is 32.3 Å². The van der Waals surface area contributed by atoms with Crippen molar-refractivity contribution in [1.82, 2.24) is 5.32 Å². The lowest BCUT2D eigenvalue weighted by atomic mass is 10.1. The van der Waals surface area contributed by atoms with Crippen molar-refractivity contribution in [2.45, 2.75) is 19.9 Å². The fourth-order valence-electron chi connectivity index (χ4n) is 2.00. The summed E-state index contributed by atoms with van der Waals surface area (Å²) in [5.41, 5.74) is 3.78. The molecule has 2 aromatic rings. The first-order valence-corrected chi connectivity index (χ1v) is 6.28. The zero-order chi connectivity index (χ0) is 12.8. The molecule has 0 saturated heterocycles. The molecular weight excluding hydrogens is 222 g/mol. The van der Waals surface area contributed by atoms with Crippen LogP contribution < -0.4 is 5.32 Å². The molecule has 0 unspecified atom stereocenters. The Morgan fingerprint density at radius 1 is 1.00 bits per heavy atom. The minimum atomic E-state index is 0.327. The van der Waals surface area contributed by atoms with Gasteiger partial charge in [0.1, 0.15) is 5.75 Å². The third kappa shape index (κ3) is 3.90. The van der Waals surface area contributed by atoms with Crippen molar-refractivity contribution in [2.75, 3.05) is 6.54 Å². The van der Waals surface area contributed by atoms with Gasteiger partial charge in [0.25, 0.3) is 0 Å². The SMILES string of the molecule is Cc1cccc(CCNCc2cccc(O)c2)c1. The number of aryl methyl sites for hydroxylation is 1. The highest BCUT2D eigenvalue weighted by atomic mass is 16.3. The first-order chi connectivity index (χ1) is 8.74. The van der Waals surface area contributed by atoms with Crippen LogP contribution in [0.4, 0.5) is 0 Å². The molecule has 0 aliphatic carbocycles. The van der Waals surface area contributed by atoms with E-state index >= 15 is 0 Å². The molecule has 18 heavy (non-hydrogen) atoms. The van der Waals surface area contributed by atoms with Crippen LogP contribution in [0.1, 0.15) is 16.7 Å². The van der Waals surface area contributed by atoms with E-state index in [9.17, 15) is 5.11 Å². The van der Waals surface area contributed by atoms with E-state index in [-0.39, 0.29) is 0 Å². The molecule has 0 radical (unpaired) electrons. The molecule has 0 aliphatic heterocycles. The molecule has 0 bridgehead atoms. The van der Waals surface area contributed by atoms with Gasteiger partial charge in [0, 0.05) is 6.54 Å². The second kappa shape index (κ2) is 6.22. The molecule has 0 spiro atoms. The van der Waals surface area contributed by atoms with Crippen LogP contribution in [0, 0.1) is 6.92 Å². The van der Waals surface area contributed by atoms with Gasteiger partial charge in [0.2, 0.25) is 0 Å². The van der Waals surface area contributed by atoms with E-state index in [0.29, 0.717) is 5.75 Å². The van der Waals surface area contributed by atoms with Crippen LogP contribution in [0.15, 0.2) is 48.5 Å². The van der Waals surface area contributed by atoms with Gasteiger partial charge in [-0.3, -0.25) is 0 Å². The van der Waals surface area contributed by atoms with Gasteiger partial charge in [0.05, 0.1) is 0 Å². The Kier molecular flexibility index (Phi) is 4.37. The summed E-state index contributed by atoms with van der Waals surface area (Å²) in [6.07, 6.45) is 1.03. The summed E-state index contributed by atoms with van der Waals surface area (Å²) in [7, 11) is 0. The summed E-state index contributed by atoms with van der Waals surface area (Å²) in [5.74, 6) is 0.327. The first-order valence-electron chi connectivity index (χ1n) is 6.28. The van der Waals surface area contributed by atoms with E-state index < -0.39 is 0 Å². The average Bonchev–Trinajstić information content (AvgIpc) is 2.35. The molecule has 0 fully saturated rings. The Morgan fingerprint density at radius 3 is 2.56 bits per heavy atom. The Morgan fingerprint density at radius 2 is 1.78 bits per heavy atom. The van der Waals surface area contributed by atoms with E-state index in [1.807, 2.05) is 12.1 Å². The molecule has 2 nitrogen and oxygen atoms in total. The van der Waals surface area contributed by atoms with Crippen molar-refractivity contribution in [3.05, 3.63) is 65.2 Å². The number of benzene rings is 2. The van der Waals surface area contributed by atoms with Gasteiger partial charge in [-0.2, -0.15) is 0 Å². The monoisotopic (exact) mass is 241 g/mol. The Bertz CT molecular complexity index is 460. The predicted molar refractivity (Wildman–Crippen MR) is 74.7 cm³/mol. The fraction of sp³-hybridized carbons (Fsp3) is 0.250. The molecule has 0 saturated carbocycles. The van der Waals surface area contributed by atoms with Crippen molar-refractivity contribution < 1.29 is 5.11 Å². The number of nitrogens with one attached hydrogen (secondary N) is 1. The highest BCUT2D eigenvalue weighted by Crippen LogP contribution is 2.10. The molecule has 0 amide bonds. The third-order valence-electron chi connectivity index (χ3n) is 2.91. The van der Waals surface area contributed by atoms with E-state index in [2.05, 4.69) is 36.5 Å². The van der Waals surface area contributed by atoms with E-state index in [0.717, 1.165) is 25.1 Å². The summed E-state index contributed by atoms with van der Waals surface area (Å²) in [5, 5.41) is 12.7. The molecule has 2 N–H and O–H groups in total. The van der Waals surface area contributed by atoms with Gasteiger partial charge in [-0.15, -0.1) is 0 Å². The number of phenols is 1. The molecule has 2 heteroatoms. The van der Waals surface area contributed by atoms with Crippen LogP contribution in [0.2, 0.25) is 0 Å². The molecular formula is C16H19NO. The second-order valence-electron chi connectivity index (χ2n) is 4.59. The zero-order valence-corrected chi connectivity index (χ0v) is 10.7. The molecule has 2 rings (SSSR count). The van der Waals surface area contributed by atoms with Gasteiger partial charge in [-0.25, -0.2) is 0 Å². The second-order valence-corrected chi connectivity index (χ2v) is 4.59. The lowest BCUT2D eigenvalue weighted by Crippen LogP contribution is -2.16. The highest BCUT2D eigenvalue weighted by Gasteiger charge is 1.96. The van der Waals surface area contributed by atoms with Crippen LogP contribution in [0.5, 0.6) is 5.75 Å². The maximum atomic E-state index is 9.35. The van der Waals surface area contributed by atoms with Crippen molar-refractivity contribution in [2.24, 2.45) is 0 Å². The normalized spacial score (nSPS) is 10.5. The van der Waals surface area contributed by atoms with Crippen molar-refractivity contribution >= 4 is 0 Å². The molecule has 0 atom stereocenters. The smallest absolute Gasteiger partial charge is 0.115 e. The summed E-state index contributed by atoms with van der Waals surface area (Å²) < 4.78 is 0. The van der Waals surface area contributed by atoms with Crippen LogP contribution in [0.25, 0.3) is 0 Å². The number of aromatic hydroxyl groups is 1. The van der Waals surface area contributed by atoms with E-state index in [1.165, 1.54) is 11.1 Å². The number of hydrogen-bond acceptors (Lipinski definition) is 2. The Labute approximate surface area is 108 Å². The Hall–Kier alpha value is -1.80. The van der Waals surface area contributed by atoms with E-state index in [4.69, 9.17) is 0 Å². The number of rotatable bonds is 5. The summed E-state index contributed by atoms with van der Waals surface area (Å²) in [6, 6.07) is 15.9. The van der Waals surface area contributed by atoms with Crippen LogP contribution in [0.3, 0.4) is 0 Å².